The number of aromatic nitrogens is 1. The lowest BCUT2D eigenvalue weighted by atomic mass is 10.1. The van der Waals surface area contributed by atoms with Gasteiger partial charge in [-0.25, -0.2) is 9.59 Å². The normalized spacial score (nSPS) is 11.4. The van der Waals surface area contributed by atoms with Gasteiger partial charge in [0.2, 0.25) is 0 Å². The topological polar surface area (TPSA) is 64.2 Å². The van der Waals surface area contributed by atoms with Crippen molar-refractivity contribution in [3.05, 3.63) is 82.7 Å². The first-order chi connectivity index (χ1) is 11.1. The van der Waals surface area contributed by atoms with E-state index in [0.29, 0.717) is 5.69 Å². The molecule has 0 radical (unpaired) electrons. The minimum Gasteiger partial charge on any atom is -0.329 e. The monoisotopic (exact) mass is 324 g/mol. The summed E-state index contributed by atoms with van der Waals surface area (Å²) in [5.74, 6) is 0. The molecule has 3 aromatic rings. The highest BCUT2D eigenvalue weighted by molar-refractivity contribution is 5.81. The number of nitrogens with zero attached hydrogens (tertiary/aromatic N) is 1. The highest BCUT2D eigenvalue weighted by Crippen LogP contribution is 2.18. The summed E-state index contributed by atoms with van der Waals surface area (Å²) in [6, 6.07) is 19.4. The maximum absolute atomic E-state index is 12.5. The molecule has 3 rings (SSSR count). The molecule has 0 aliphatic carbocycles. The molecule has 5 heteroatoms. The maximum Gasteiger partial charge on any atom is 0.358 e. The lowest BCUT2D eigenvalue weighted by Crippen LogP contribution is -2.31. The Labute approximate surface area is 140 Å². The third-order valence-corrected chi connectivity index (χ3v) is 3.55. The zero-order valence-corrected chi connectivity index (χ0v) is 12.6. The predicted molar refractivity (Wildman–Crippen MR) is 93.9 cm³/mol. The first-order valence-corrected chi connectivity index (χ1v) is 7.30. The Morgan fingerprint density at radius 1 is 1.04 bits per heavy atom. The van der Waals surface area contributed by atoms with E-state index in [1.807, 2.05) is 67.6 Å². The average molecular weight is 324 g/mol. The van der Waals surface area contributed by atoms with Crippen molar-refractivity contribution in [2.75, 3.05) is 0 Å². The molecule has 1 heterocycles. The fourth-order valence-electron chi connectivity index (χ4n) is 2.37. The summed E-state index contributed by atoms with van der Waals surface area (Å²) < 4.78 is 6.01. The van der Waals surface area contributed by atoms with E-state index in [9.17, 15) is 9.59 Å². The van der Waals surface area contributed by atoms with Crippen molar-refractivity contribution in [2.45, 2.75) is 20.4 Å². The van der Waals surface area contributed by atoms with Crippen LogP contribution < -0.4 is 10.9 Å². The van der Waals surface area contributed by atoms with Crippen molar-refractivity contribution in [3.8, 4) is 11.3 Å². The number of amides is 1. The van der Waals surface area contributed by atoms with Crippen LogP contribution in [0.5, 0.6) is 0 Å². The summed E-state index contributed by atoms with van der Waals surface area (Å²) in [4.78, 5) is 24.0. The van der Waals surface area contributed by atoms with Gasteiger partial charge in [-0.1, -0.05) is 68.1 Å². The molecule has 0 aliphatic rings. The molecular formula is C19H20N2O3. The first kappa shape index (κ1) is 17.3. The van der Waals surface area contributed by atoms with Gasteiger partial charge < -0.3 is 9.84 Å². The van der Waals surface area contributed by atoms with Crippen LogP contribution in [0.4, 0.5) is 4.79 Å². The van der Waals surface area contributed by atoms with Gasteiger partial charge in [0.15, 0.2) is 0 Å². The first-order valence-electron chi connectivity index (χ1n) is 7.30. The van der Waals surface area contributed by atoms with Crippen LogP contribution >= 0.6 is 0 Å². The molecule has 1 N–H and O–H groups in total. The number of benzene rings is 2. The molecule has 1 atom stereocenters. The number of hydrogen-bond donors (Lipinski definition) is 1. The van der Waals surface area contributed by atoms with E-state index < -0.39 is 11.7 Å². The molecule has 0 saturated heterocycles. The van der Waals surface area contributed by atoms with Crippen LogP contribution in [-0.4, -0.2) is 10.8 Å². The lowest BCUT2D eigenvalue weighted by Gasteiger charge is -2.14. The standard InChI is InChI=1S/C18H16N2O3.CH4/c1-13(14-8-4-2-5-9-14)19-18(22)20-16(12-17(21)23-20)15-10-6-3-7-11-15;/h2-13H,1H3,(H,19,22);1H4/t13-;/m0./s1. The van der Waals surface area contributed by atoms with Crippen molar-refractivity contribution in [1.29, 1.82) is 0 Å². The van der Waals surface area contributed by atoms with E-state index in [2.05, 4.69) is 5.32 Å². The van der Waals surface area contributed by atoms with Crippen molar-refractivity contribution < 1.29 is 9.32 Å². The molecule has 5 nitrogen and oxygen atoms in total. The summed E-state index contributed by atoms with van der Waals surface area (Å²) in [6.45, 7) is 1.87. The highest BCUT2D eigenvalue weighted by atomic mass is 16.5. The Morgan fingerprint density at radius 2 is 1.62 bits per heavy atom. The van der Waals surface area contributed by atoms with E-state index in [4.69, 9.17) is 4.52 Å². The van der Waals surface area contributed by atoms with Crippen LogP contribution in [0.3, 0.4) is 0 Å². The van der Waals surface area contributed by atoms with Gasteiger partial charge >= 0.3 is 11.7 Å². The van der Waals surface area contributed by atoms with Gasteiger partial charge in [-0.2, -0.15) is 0 Å². The van der Waals surface area contributed by atoms with Crippen molar-refractivity contribution in [2.24, 2.45) is 0 Å². The molecule has 0 spiro atoms. The minimum atomic E-state index is -0.564. The lowest BCUT2D eigenvalue weighted by molar-refractivity contribution is 0.205. The van der Waals surface area contributed by atoms with E-state index in [1.165, 1.54) is 6.07 Å². The molecular weight excluding hydrogens is 304 g/mol. The molecule has 24 heavy (non-hydrogen) atoms. The number of nitrogens with one attached hydrogen (secondary N) is 1. The minimum absolute atomic E-state index is 0. The van der Waals surface area contributed by atoms with Gasteiger partial charge in [-0.3, -0.25) is 0 Å². The quantitative estimate of drug-likeness (QED) is 0.790. The smallest absolute Gasteiger partial charge is 0.329 e. The summed E-state index contributed by atoms with van der Waals surface area (Å²) in [5.41, 5.74) is 1.57. The fraction of sp³-hybridized carbons (Fsp3) is 0.158. The van der Waals surface area contributed by atoms with Gasteiger partial charge in [0, 0.05) is 5.56 Å². The SMILES string of the molecule is C.C[C@H](NC(=O)n1oc(=O)cc1-c1ccccc1)c1ccccc1. The van der Waals surface area contributed by atoms with Gasteiger partial charge in [0.05, 0.1) is 12.1 Å². The number of hydrogen-bond acceptors (Lipinski definition) is 3. The van der Waals surface area contributed by atoms with Crippen LogP contribution in [0.1, 0.15) is 26.0 Å². The van der Waals surface area contributed by atoms with Gasteiger partial charge in [-0.05, 0) is 12.5 Å². The second kappa shape index (κ2) is 7.46. The molecule has 0 aliphatic heterocycles. The van der Waals surface area contributed by atoms with Crippen LogP contribution in [-0.2, 0) is 0 Å². The van der Waals surface area contributed by atoms with E-state index >= 15 is 0 Å². The van der Waals surface area contributed by atoms with Crippen molar-refractivity contribution in [3.63, 3.8) is 0 Å². The maximum atomic E-state index is 12.5. The summed E-state index contributed by atoms with van der Waals surface area (Å²) in [6.07, 6.45) is 0. The molecule has 1 amide bonds. The van der Waals surface area contributed by atoms with E-state index in [0.717, 1.165) is 15.9 Å². The van der Waals surface area contributed by atoms with Crippen molar-refractivity contribution in [1.82, 2.24) is 10.1 Å². The number of rotatable bonds is 3. The molecule has 2 aromatic carbocycles. The second-order valence-electron chi connectivity index (χ2n) is 5.18. The van der Waals surface area contributed by atoms with Gasteiger partial charge in [-0.15, -0.1) is 4.74 Å². The Hall–Kier alpha value is -3.08. The van der Waals surface area contributed by atoms with Crippen LogP contribution in [0.25, 0.3) is 11.3 Å². The van der Waals surface area contributed by atoms with Crippen molar-refractivity contribution >= 4 is 6.03 Å². The Balaban J connectivity index is 0.00000208. The average Bonchev–Trinajstić information content (AvgIpc) is 2.98. The molecule has 0 fully saturated rings. The largest absolute Gasteiger partial charge is 0.358 e. The van der Waals surface area contributed by atoms with Crippen LogP contribution in [0.2, 0.25) is 0 Å². The number of carbonyl (C=O) groups is 1. The highest BCUT2D eigenvalue weighted by Gasteiger charge is 2.18. The molecule has 0 unspecified atom stereocenters. The van der Waals surface area contributed by atoms with Crippen LogP contribution in [0.15, 0.2) is 76.0 Å². The Bertz CT molecular complexity index is 851. The zero-order valence-electron chi connectivity index (χ0n) is 12.6. The summed E-state index contributed by atoms with van der Waals surface area (Å²) in [5, 5.41) is 2.83. The Morgan fingerprint density at radius 3 is 2.25 bits per heavy atom. The molecule has 124 valence electrons. The summed E-state index contributed by atoms with van der Waals surface area (Å²) in [7, 11) is 0. The molecule has 0 bridgehead atoms. The van der Waals surface area contributed by atoms with Gasteiger partial charge in [0.25, 0.3) is 0 Å². The van der Waals surface area contributed by atoms with Crippen LogP contribution in [0, 0.1) is 0 Å². The molecule has 1 aromatic heterocycles. The second-order valence-corrected chi connectivity index (χ2v) is 5.18. The zero-order chi connectivity index (χ0) is 16.2. The van der Waals surface area contributed by atoms with Gasteiger partial charge in [0.1, 0.15) is 5.69 Å². The Kier molecular flexibility index (Phi) is 5.37. The number of carbonyl (C=O) groups excluding carboxylic acids is 1. The fourth-order valence-corrected chi connectivity index (χ4v) is 2.37. The summed E-state index contributed by atoms with van der Waals surface area (Å²) >= 11 is 0. The molecule has 0 saturated carbocycles. The van der Waals surface area contributed by atoms with E-state index in [1.54, 1.807) is 0 Å². The third-order valence-electron chi connectivity index (χ3n) is 3.55. The third kappa shape index (κ3) is 3.63. The van der Waals surface area contributed by atoms with E-state index in [-0.39, 0.29) is 13.5 Å². The predicted octanol–water partition coefficient (Wildman–Crippen LogP) is 4.06.